The average Bonchev–Trinajstić information content (AvgIpc) is 2.38. The third kappa shape index (κ3) is 3.41. The largest absolute Gasteiger partial charge is 0.310 e. The van der Waals surface area contributed by atoms with Gasteiger partial charge in [0.15, 0.2) is 0 Å². The van der Waals surface area contributed by atoms with Crippen molar-refractivity contribution in [2.45, 2.75) is 53.0 Å². The smallest absolute Gasteiger partial charge is 0.130 e. The van der Waals surface area contributed by atoms with Gasteiger partial charge in [-0.1, -0.05) is 39.0 Å². The molecule has 0 saturated heterocycles. The van der Waals surface area contributed by atoms with Crippen molar-refractivity contribution in [2.24, 2.45) is 17.8 Å². The molecule has 0 bridgehead atoms. The van der Waals surface area contributed by atoms with Gasteiger partial charge in [0.2, 0.25) is 0 Å². The molecule has 0 aromatic heterocycles. The average molecular weight is 277 g/mol. The summed E-state index contributed by atoms with van der Waals surface area (Å²) in [7, 11) is 0. The molecule has 20 heavy (non-hydrogen) atoms. The summed E-state index contributed by atoms with van der Waals surface area (Å²) in [5.41, 5.74) is 1.61. The van der Waals surface area contributed by atoms with Crippen molar-refractivity contribution in [3.8, 4) is 0 Å². The number of benzene rings is 1. The van der Waals surface area contributed by atoms with Crippen LogP contribution in [0.15, 0.2) is 18.2 Å². The van der Waals surface area contributed by atoms with Gasteiger partial charge in [0, 0.05) is 11.6 Å². The lowest BCUT2D eigenvalue weighted by atomic mass is 9.72. The third-order valence-electron chi connectivity index (χ3n) is 4.67. The summed E-state index contributed by atoms with van der Waals surface area (Å²) in [6.45, 7) is 9.51. The second-order valence-corrected chi connectivity index (χ2v) is 6.69. The molecule has 1 nitrogen and oxygen atoms in total. The predicted octanol–water partition coefficient (Wildman–Crippen LogP) is 4.86. The van der Waals surface area contributed by atoms with Gasteiger partial charge in [0.1, 0.15) is 5.82 Å². The van der Waals surface area contributed by atoms with Crippen LogP contribution < -0.4 is 5.32 Å². The van der Waals surface area contributed by atoms with E-state index >= 15 is 0 Å². The number of aryl methyl sites for hydroxylation is 1. The highest BCUT2D eigenvalue weighted by Gasteiger charge is 2.31. The fourth-order valence-corrected chi connectivity index (χ4v) is 3.94. The summed E-state index contributed by atoms with van der Waals surface area (Å²) in [6.07, 6.45) is 3.72. The summed E-state index contributed by atoms with van der Waals surface area (Å²) >= 11 is 0. The Morgan fingerprint density at radius 1 is 1.20 bits per heavy atom. The molecule has 1 aliphatic rings. The number of hydrogen-bond donors (Lipinski definition) is 1. The molecule has 1 aliphatic carbocycles. The lowest BCUT2D eigenvalue weighted by molar-refractivity contribution is 0.175. The minimum atomic E-state index is -0.0238. The highest BCUT2D eigenvalue weighted by atomic mass is 19.1. The lowest BCUT2D eigenvalue weighted by Crippen LogP contribution is -2.34. The zero-order valence-electron chi connectivity index (χ0n) is 13.2. The molecule has 2 heteroatoms. The van der Waals surface area contributed by atoms with E-state index in [4.69, 9.17) is 0 Å². The SMILES string of the molecule is CCNC(c1cccc(C)c1F)C1CC(C)CC(C)C1. The van der Waals surface area contributed by atoms with Crippen LogP contribution in [0.1, 0.15) is 57.2 Å². The zero-order chi connectivity index (χ0) is 14.7. The molecule has 0 amide bonds. The van der Waals surface area contributed by atoms with E-state index in [1.54, 1.807) is 0 Å². The standard InChI is InChI=1S/C18H28FN/c1-5-20-18(15-10-12(2)9-13(3)11-15)16-8-6-7-14(4)17(16)19/h6-8,12-13,15,18,20H,5,9-11H2,1-4H3. The van der Waals surface area contributed by atoms with E-state index < -0.39 is 0 Å². The van der Waals surface area contributed by atoms with E-state index in [0.717, 1.165) is 29.5 Å². The fourth-order valence-electron chi connectivity index (χ4n) is 3.94. The number of rotatable bonds is 4. The highest BCUT2D eigenvalue weighted by molar-refractivity contribution is 5.28. The van der Waals surface area contributed by atoms with Gasteiger partial charge in [-0.15, -0.1) is 0 Å². The molecule has 0 heterocycles. The normalized spacial score (nSPS) is 28.4. The molecule has 0 aliphatic heterocycles. The van der Waals surface area contributed by atoms with Crippen LogP contribution in [0.25, 0.3) is 0 Å². The maximum absolute atomic E-state index is 14.5. The van der Waals surface area contributed by atoms with Gasteiger partial charge in [0.05, 0.1) is 0 Å². The van der Waals surface area contributed by atoms with Crippen molar-refractivity contribution >= 4 is 0 Å². The van der Waals surface area contributed by atoms with Crippen molar-refractivity contribution in [2.75, 3.05) is 6.54 Å². The zero-order valence-corrected chi connectivity index (χ0v) is 13.2. The van der Waals surface area contributed by atoms with Gasteiger partial charge in [-0.25, -0.2) is 4.39 Å². The molecular weight excluding hydrogens is 249 g/mol. The van der Waals surface area contributed by atoms with Gasteiger partial charge < -0.3 is 5.32 Å². The Hall–Kier alpha value is -0.890. The van der Waals surface area contributed by atoms with Crippen LogP contribution in [0.2, 0.25) is 0 Å². The first-order valence-electron chi connectivity index (χ1n) is 8.01. The monoisotopic (exact) mass is 277 g/mol. The van der Waals surface area contributed by atoms with Crippen LogP contribution >= 0.6 is 0 Å². The van der Waals surface area contributed by atoms with E-state index in [9.17, 15) is 4.39 Å². The molecule has 3 unspecified atom stereocenters. The third-order valence-corrected chi connectivity index (χ3v) is 4.67. The Bertz CT molecular complexity index is 433. The molecule has 0 radical (unpaired) electrons. The predicted molar refractivity (Wildman–Crippen MR) is 83.2 cm³/mol. The Labute approximate surface area is 123 Å². The van der Waals surface area contributed by atoms with Crippen molar-refractivity contribution in [1.29, 1.82) is 0 Å². The van der Waals surface area contributed by atoms with E-state index in [-0.39, 0.29) is 11.9 Å². The van der Waals surface area contributed by atoms with Crippen LogP contribution in [0.3, 0.4) is 0 Å². The Morgan fingerprint density at radius 2 is 1.85 bits per heavy atom. The number of nitrogens with one attached hydrogen (secondary N) is 1. The number of hydrogen-bond acceptors (Lipinski definition) is 1. The molecule has 0 spiro atoms. The molecule has 112 valence electrons. The first-order valence-corrected chi connectivity index (χ1v) is 8.01. The van der Waals surface area contributed by atoms with Crippen molar-refractivity contribution < 1.29 is 4.39 Å². The van der Waals surface area contributed by atoms with E-state index in [1.165, 1.54) is 19.3 Å². The summed E-state index contributed by atoms with van der Waals surface area (Å²) in [4.78, 5) is 0. The van der Waals surface area contributed by atoms with Gasteiger partial charge in [-0.2, -0.15) is 0 Å². The second-order valence-electron chi connectivity index (χ2n) is 6.69. The van der Waals surface area contributed by atoms with Gasteiger partial charge in [-0.05, 0) is 56.0 Å². The van der Waals surface area contributed by atoms with Crippen LogP contribution in [0, 0.1) is 30.5 Å². The molecule has 1 saturated carbocycles. The minimum Gasteiger partial charge on any atom is -0.310 e. The second kappa shape index (κ2) is 6.71. The molecule has 3 atom stereocenters. The maximum Gasteiger partial charge on any atom is 0.130 e. The quantitative estimate of drug-likeness (QED) is 0.829. The minimum absolute atomic E-state index is 0.0238. The summed E-state index contributed by atoms with van der Waals surface area (Å²) in [6, 6.07) is 5.95. The first kappa shape index (κ1) is 15.5. The van der Waals surface area contributed by atoms with E-state index in [0.29, 0.717) is 5.92 Å². The van der Waals surface area contributed by atoms with Gasteiger partial charge >= 0.3 is 0 Å². The molecular formula is C18H28FN. The number of halogens is 1. The maximum atomic E-state index is 14.5. The van der Waals surface area contributed by atoms with Crippen molar-refractivity contribution in [1.82, 2.24) is 5.32 Å². The van der Waals surface area contributed by atoms with E-state index in [2.05, 4.69) is 26.1 Å². The topological polar surface area (TPSA) is 12.0 Å². The fraction of sp³-hybridized carbons (Fsp3) is 0.667. The van der Waals surface area contributed by atoms with Crippen LogP contribution in [0.4, 0.5) is 4.39 Å². The van der Waals surface area contributed by atoms with Gasteiger partial charge in [0.25, 0.3) is 0 Å². The lowest BCUT2D eigenvalue weighted by Gasteiger charge is -2.37. The van der Waals surface area contributed by atoms with Crippen LogP contribution in [0.5, 0.6) is 0 Å². The van der Waals surface area contributed by atoms with Crippen LogP contribution in [-0.2, 0) is 0 Å². The Kier molecular flexibility index (Phi) is 5.20. The Morgan fingerprint density at radius 3 is 2.45 bits per heavy atom. The summed E-state index contributed by atoms with van der Waals surface area (Å²) in [5, 5.41) is 3.54. The molecule has 2 rings (SSSR count). The van der Waals surface area contributed by atoms with E-state index in [1.807, 2.05) is 25.1 Å². The highest BCUT2D eigenvalue weighted by Crippen LogP contribution is 2.40. The molecule has 1 aromatic rings. The Balaban J connectivity index is 2.28. The van der Waals surface area contributed by atoms with Crippen LogP contribution in [-0.4, -0.2) is 6.54 Å². The summed E-state index contributed by atoms with van der Waals surface area (Å²) < 4.78 is 14.5. The first-order chi connectivity index (χ1) is 9.52. The van der Waals surface area contributed by atoms with Crippen molar-refractivity contribution in [3.05, 3.63) is 35.1 Å². The van der Waals surface area contributed by atoms with Crippen molar-refractivity contribution in [3.63, 3.8) is 0 Å². The molecule has 1 fully saturated rings. The molecule has 1 aromatic carbocycles. The molecule has 1 N–H and O–H groups in total. The summed E-state index contributed by atoms with van der Waals surface area (Å²) in [5.74, 6) is 2.02. The van der Waals surface area contributed by atoms with Gasteiger partial charge in [-0.3, -0.25) is 0 Å².